The average molecular weight is 222 g/mol. The van der Waals surface area contributed by atoms with Crippen molar-refractivity contribution in [1.29, 1.82) is 0 Å². The van der Waals surface area contributed by atoms with Crippen molar-refractivity contribution in [3.8, 4) is 0 Å². The molecule has 2 nitrogen and oxygen atoms in total. The van der Waals surface area contributed by atoms with Gasteiger partial charge in [-0.3, -0.25) is 4.79 Å². The van der Waals surface area contributed by atoms with Gasteiger partial charge in [-0.25, -0.2) is 0 Å². The first-order valence-electron chi connectivity index (χ1n) is 6.25. The molecule has 0 spiro atoms. The van der Waals surface area contributed by atoms with Gasteiger partial charge in [-0.15, -0.1) is 0 Å². The SMILES string of the molecule is CCCC(=O)CCC1(C=O)CC=C(C)CC1. The van der Waals surface area contributed by atoms with Gasteiger partial charge in [0.1, 0.15) is 12.1 Å². The monoisotopic (exact) mass is 222 g/mol. The van der Waals surface area contributed by atoms with Gasteiger partial charge in [0.2, 0.25) is 0 Å². The molecule has 0 aromatic carbocycles. The lowest BCUT2D eigenvalue weighted by Gasteiger charge is -2.30. The number of ketones is 1. The van der Waals surface area contributed by atoms with Gasteiger partial charge in [-0.1, -0.05) is 18.6 Å². The Kier molecular flexibility index (Phi) is 4.91. The van der Waals surface area contributed by atoms with Crippen molar-refractivity contribution in [3.05, 3.63) is 11.6 Å². The van der Waals surface area contributed by atoms with Crippen LogP contribution in [-0.4, -0.2) is 12.1 Å². The minimum Gasteiger partial charge on any atom is -0.303 e. The van der Waals surface area contributed by atoms with E-state index >= 15 is 0 Å². The highest BCUT2D eigenvalue weighted by molar-refractivity contribution is 5.78. The summed E-state index contributed by atoms with van der Waals surface area (Å²) in [6.07, 6.45) is 8.84. The van der Waals surface area contributed by atoms with Gasteiger partial charge in [-0.2, -0.15) is 0 Å². The Morgan fingerprint density at radius 1 is 1.50 bits per heavy atom. The second-order valence-electron chi connectivity index (χ2n) is 5.02. The largest absolute Gasteiger partial charge is 0.303 e. The van der Waals surface area contributed by atoms with Crippen LogP contribution in [0.4, 0.5) is 0 Å². The van der Waals surface area contributed by atoms with Crippen LogP contribution in [0.3, 0.4) is 0 Å². The van der Waals surface area contributed by atoms with Crippen LogP contribution in [0.5, 0.6) is 0 Å². The molecule has 1 atom stereocenters. The second-order valence-corrected chi connectivity index (χ2v) is 5.02. The van der Waals surface area contributed by atoms with E-state index in [0.29, 0.717) is 18.6 Å². The van der Waals surface area contributed by atoms with Crippen LogP contribution in [0.15, 0.2) is 11.6 Å². The molecular weight excluding hydrogens is 200 g/mol. The first-order valence-corrected chi connectivity index (χ1v) is 6.25. The molecule has 0 aliphatic heterocycles. The van der Waals surface area contributed by atoms with Crippen molar-refractivity contribution < 1.29 is 9.59 Å². The van der Waals surface area contributed by atoms with Crippen molar-refractivity contribution in [2.24, 2.45) is 5.41 Å². The van der Waals surface area contributed by atoms with E-state index in [-0.39, 0.29) is 5.41 Å². The first-order chi connectivity index (χ1) is 7.62. The van der Waals surface area contributed by atoms with E-state index in [1.165, 1.54) is 5.57 Å². The van der Waals surface area contributed by atoms with Crippen molar-refractivity contribution in [1.82, 2.24) is 0 Å². The molecule has 0 aromatic rings. The summed E-state index contributed by atoms with van der Waals surface area (Å²) in [5, 5.41) is 0. The Bertz CT molecular complexity index is 291. The molecule has 0 aromatic heterocycles. The molecule has 1 unspecified atom stereocenters. The maximum absolute atomic E-state index is 11.5. The van der Waals surface area contributed by atoms with Gasteiger partial charge in [0, 0.05) is 18.3 Å². The summed E-state index contributed by atoms with van der Waals surface area (Å²) in [4.78, 5) is 22.7. The summed E-state index contributed by atoms with van der Waals surface area (Å²) >= 11 is 0. The number of Topliss-reactive ketones (excluding diaryl/α,β-unsaturated/α-hetero) is 1. The quantitative estimate of drug-likeness (QED) is 0.509. The molecule has 1 aliphatic carbocycles. The molecule has 1 rings (SSSR count). The fourth-order valence-electron chi connectivity index (χ4n) is 2.21. The zero-order valence-corrected chi connectivity index (χ0v) is 10.4. The average Bonchev–Trinajstić information content (AvgIpc) is 2.30. The molecule has 90 valence electrons. The molecule has 0 radical (unpaired) electrons. The third-order valence-corrected chi connectivity index (χ3v) is 3.55. The van der Waals surface area contributed by atoms with Crippen LogP contribution in [-0.2, 0) is 9.59 Å². The van der Waals surface area contributed by atoms with Crippen molar-refractivity contribution in [2.45, 2.75) is 58.8 Å². The third kappa shape index (κ3) is 3.58. The molecule has 0 N–H and O–H groups in total. The number of allylic oxidation sites excluding steroid dienone is 2. The van der Waals surface area contributed by atoms with Gasteiger partial charge >= 0.3 is 0 Å². The van der Waals surface area contributed by atoms with Gasteiger partial charge in [0.05, 0.1) is 0 Å². The number of hydrogen-bond donors (Lipinski definition) is 0. The molecule has 0 bridgehead atoms. The maximum atomic E-state index is 11.5. The second kappa shape index (κ2) is 5.97. The lowest BCUT2D eigenvalue weighted by molar-refractivity contribution is -0.121. The molecule has 1 aliphatic rings. The molecule has 0 amide bonds. The predicted octanol–water partition coefficient (Wildman–Crippen LogP) is 3.45. The summed E-state index contributed by atoms with van der Waals surface area (Å²) in [6, 6.07) is 0. The summed E-state index contributed by atoms with van der Waals surface area (Å²) < 4.78 is 0. The number of hydrogen-bond acceptors (Lipinski definition) is 2. The van der Waals surface area contributed by atoms with E-state index in [1.54, 1.807) is 0 Å². The Balaban J connectivity index is 2.49. The lowest BCUT2D eigenvalue weighted by Crippen LogP contribution is -2.25. The van der Waals surface area contributed by atoms with E-state index < -0.39 is 0 Å². The minimum absolute atomic E-state index is 0.247. The van der Waals surface area contributed by atoms with Crippen molar-refractivity contribution in [3.63, 3.8) is 0 Å². The fraction of sp³-hybridized carbons (Fsp3) is 0.714. The summed E-state index contributed by atoms with van der Waals surface area (Å²) in [5.41, 5.74) is 1.13. The zero-order chi connectivity index (χ0) is 12.0. The highest BCUT2D eigenvalue weighted by Gasteiger charge is 2.31. The van der Waals surface area contributed by atoms with Crippen LogP contribution in [0.1, 0.15) is 58.8 Å². The number of carbonyl (C=O) groups excluding carboxylic acids is 2. The van der Waals surface area contributed by atoms with Gasteiger partial charge in [0.25, 0.3) is 0 Å². The molecule has 0 fully saturated rings. The Morgan fingerprint density at radius 3 is 2.75 bits per heavy atom. The van der Waals surface area contributed by atoms with Crippen LogP contribution < -0.4 is 0 Å². The molecular formula is C14H22O2. The highest BCUT2D eigenvalue weighted by atomic mass is 16.1. The number of aldehydes is 1. The van der Waals surface area contributed by atoms with Crippen LogP contribution >= 0.6 is 0 Å². The summed E-state index contributed by atoms with van der Waals surface area (Å²) in [7, 11) is 0. The van der Waals surface area contributed by atoms with Crippen molar-refractivity contribution >= 4 is 12.1 Å². The van der Waals surface area contributed by atoms with Gasteiger partial charge < -0.3 is 4.79 Å². The zero-order valence-electron chi connectivity index (χ0n) is 10.4. The van der Waals surface area contributed by atoms with E-state index in [0.717, 1.165) is 38.4 Å². The topological polar surface area (TPSA) is 34.1 Å². The molecule has 0 saturated carbocycles. The van der Waals surface area contributed by atoms with E-state index in [2.05, 4.69) is 13.0 Å². The molecule has 2 heteroatoms. The Labute approximate surface area is 98.1 Å². The maximum Gasteiger partial charge on any atom is 0.132 e. The van der Waals surface area contributed by atoms with Gasteiger partial charge in [0.15, 0.2) is 0 Å². The predicted molar refractivity (Wildman–Crippen MR) is 65.3 cm³/mol. The van der Waals surface area contributed by atoms with E-state index in [9.17, 15) is 9.59 Å². The van der Waals surface area contributed by atoms with Gasteiger partial charge in [-0.05, 0) is 39.0 Å². The Morgan fingerprint density at radius 2 is 2.25 bits per heavy atom. The Hall–Kier alpha value is -0.920. The van der Waals surface area contributed by atoms with E-state index in [1.807, 2.05) is 6.92 Å². The van der Waals surface area contributed by atoms with Crippen LogP contribution in [0.2, 0.25) is 0 Å². The van der Waals surface area contributed by atoms with E-state index in [4.69, 9.17) is 0 Å². The molecule has 0 saturated heterocycles. The fourth-order valence-corrected chi connectivity index (χ4v) is 2.21. The van der Waals surface area contributed by atoms with Crippen molar-refractivity contribution in [2.75, 3.05) is 0 Å². The standard InChI is InChI=1S/C14H22O2/c1-3-4-13(16)7-10-14(11-15)8-5-12(2)6-9-14/h5,11H,3-4,6-10H2,1-2H3. The number of carbonyl (C=O) groups is 2. The smallest absolute Gasteiger partial charge is 0.132 e. The normalized spacial score (nSPS) is 25.0. The summed E-state index contributed by atoms with van der Waals surface area (Å²) in [5.74, 6) is 0.301. The third-order valence-electron chi connectivity index (χ3n) is 3.55. The number of rotatable bonds is 6. The highest BCUT2D eigenvalue weighted by Crippen LogP contribution is 2.37. The lowest BCUT2D eigenvalue weighted by atomic mass is 9.73. The molecule has 16 heavy (non-hydrogen) atoms. The first kappa shape index (κ1) is 13.1. The van der Waals surface area contributed by atoms with Crippen LogP contribution in [0.25, 0.3) is 0 Å². The summed E-state index contributed by atoms with van der Waals surface area (Å²) in [6.45, 7) is 4.12. The molecule has 0 heterocycles. The minimum atomic E-state index is -0.247. The van der Waals surface area contributed by atoms with Crippen LogP contribution in [0, 0.1) is 5.41 Å².